The second-order valence-electron chi connectivity index (χ2n) is 4.82. The molecule has 0 aliphatic rings. The van der Waals surface area contributed by atoms with E-state index in [1.807, 2.05) is 13.0 Å². The molecule has 0 N–H and O–H groups in total. The van der Waals surface area contributed by atoms with E-state index >= 15 is 0 Å². The molecular weight excluding hydrogens is 332 g/mol. The molecule has 0 aliphatic carbocycles. The van der Waals surface area contributed by atoms with Gasteiger partial charge < -0.3 is 18.9 Å². The van der Waals surface area contributed by atoms with Gasteiger partial charge >= 0.3 is 5.97 Å². The van der Waals surface area contributed by atoms with Crippen molar-refractivity contribution in [3.8, 4) is 17.2 Å². The Bertz CT molecular complexity index is 724. The van der Waals surface area contributed by atoms with Crippen molar-refractivity contribution in [2.75, 3.05) is 27.9 Å². The molecule has 2 rings (SSSR count). The number of hydrogen-bond donors (Lipinski definition) is 0. The number of ether oxygens (including phenoxy) is 4. The second kappa shape index (κ2) is 7.83. The van der Waals surface area contributed by atoms with Gasteiger partial charge in [-0.25, -0.2) is 4.79 Å². The Kier molecular flexibility index (Phi) is 5.81. The largest absolute Gasteiger partial charge is 0.493 e. The molecule has 0 aliphatic heterocycles. The molecule has 0 radical (unpaired) electrons. The summed E-state index contributed by atoms with van der Waals surface area (Å²) in [7, 11) is 4.38. The highest BCUT2D eigenvalue weighted by Gasteiger charge is 2.19. The first-order valence-corrected chi connectivity index (χ1v) is 7.88. The lowest BCUT2D eigenvalue weighted by Gasteiger charge is -2.13. The molecule has 0 saturated carbocycles. The molecule has 0 atom stereocenters. The third-order valence-corrected chi connectivity index (χ3v) is 4.29. The number of carbonyl (C=O) groups is 2. The Morgan fingerprint density at radius 3 is 2.08 bits per heavy atom. The fraction of sp³-hybridized carbons (Fsp3) is 0.294. The van der Waals surface area contributed by atoms with Gasteiger partial charge in [0.1, 0.15) is 0 Å². The SMILES string of the molecule is COc1cc(C(=O)OCC(=O)c2ccc(C)s2)cc(OC)c1OC. The monoisotopic (exact) mass is 350 g/mol. The van der Waals surface area contributed by atoms with Crippen molar-refractivity contribution in [2.24, 2.45) is 0 Å². The molecule has 128 valence electrons. The van der Waals surface area contributed by atoms with Gasteiger partial charge in [-0.3, -0.25) is 4.79 Å². The van der Waals surface area contributed by atoms with Gasteiger partial charge in [-0.1, -0.05) is 0 Å². The number of benzene rings is 1. The second-order valence-corrected chi connectivity index (χ2v) is 6.11. The molecule has 0 amide bonds. The van der Waals surface area contributed by atoms with Crippen LogP contribution in [0.15, 0.2) is 24.3 Å². The summed E-state index contributed by atoms with van der Waals surface area (Å²) in [5.74, 6) is 0.166. The van der Waals surface area contributed by atoms with Crippen molar-refractivity contribution in [1.82, 2.24) is 0 Å². The maximum Gasteiger partial charge on any atom is 0.338 e. The van der Waals surface area contributed by atoms with Gasteiger partial charge in [-0.2, -0.15) is 0 Å². The van der Waals surface area contributed by atoms with Crippen LogP contribution >= 0.6 is 11.3 Å². The Hall–Kier alpha value is -2.54. The number of rotatable bonds is 7. The number of esters is 1. The smallest absolute Gasteiger partial charge is 0.338 e. The van der Waals surface area contributed by atoms with Gasteiger partial charge in [-0.15, -0.1) is 11.3 Å². The van der Waals surface area contributed by atoms with Crippen LogP contribution in [-0.2, 0) is 4.74 Å². The minimum absolute atomic E-state index is 0.208. The standard InChI is InChI=1S/C17H18O6S/c1-10-5-6-15(24-10)12(18)9-23-17(19)11-7-13(20-2)16(22-4)14(8-11)21-3/h5-8H,9H2,1-4H3. The molecule has 0 bridgehead atoms. The van der Waals surface area contributed by atoms with Crippen LogP contribution in [-0.4, -0.2) is 39.7 Å². The molecule has 0 spiro atoms. The zero-order valence-corrected chi connectivity index (χ0v) is 14.7. The third kappa shape index (κ3) is 3.86. The van der Waals surface area contributed by atoms with E-state index in [1.54, 1.807) is 6.07 Å². The minimum atomic E-state index is -0.643. The lowest BCUT2D eigenvalue weighted by molar-refractivity contribution is 0.0475. The number of methoxy groups -OCH3 is 3. The van der Waals surface area contributed by atoms with Gasteiger partial charge in [0.15, 0.2) is 18.1 Å². The number of Topliss-reactive ketones (excluding diaryl/α,β-unsaturated/α-hetero) is 1. The maximum absolute atomic E-state index is 12.2. The van der Waals surface area contributed by atoms with Crippen LogP contribution in [0.3, 0.4) is 0 Å². The van der Waals surface area contributed by atoms with Crippen molar-refractivity contribution >= 4 is 23.1 Å². The molecule has 1 heterocycles. The van der Waals surface area contributed by atoms with Crippen molar-refractivity contribution in [2.45, 2.75) is 6.92 Å². The van der Waals surface area contributed by atoms with E-state index in [9.17, 15) is 9.59 Å². The van der Waals surface area contributed by atoms with E-state index < -0.39 is 5.97 Å². The van der Waals surface area contributed by atoms with E-state index in [1.165, 1.54) is 44.8 Å². The van der Waals surface area contributed by atoms with Gasteiger partial charge in [0, 0.05) is 4.88 Å². The Morgan fingerprint density at radius 2 is 1.62 bits per heavy atom. The van der Waals surface area contributed by atoms with E-state index in [4.69, 9.17) is 18.9 Å². The summed E-state index contributed by atoms with van der Waals surface area (Å²) < 4.78 is 20.7. The quantitative estimate of drug-likeness (QED) is 0.564. The zero-order chi connectivity index (χ0) is 17.7. The summed E-state index contributed by atoms with van der Waals surface area (Å²) in [6.45, 7) is 1.58. The van der Waals surface area contributed by atoms with Crippen LogP contribution < -0.4 is 14.2 Å². The summed E-state index contributed by atoms with van der Waals surface area (Å²) in [5, 5.41) is 0. The topological polar surface area (TPSA) is 71.1 Å². The van der Waals surface area contributed by atoms with E-state index in [2.05, 4.69) is 0 Å². The molecular formula is C17H18O6S. The van der Waals surface area contributed by atoms with Gasteiger partial charge in [0.25, 0.3) is 0 Å². The predicted molar refractivity (Wildman–Crippen MR) is 89.8 cm³/mol. The minimum Gasteiger partial charge on any atom is -0.493 e. The molecule has 7 heteroatoms. The maximum atomic E-state index is 12.2. The molecule has 24 heavy (non-hydrogen) atoms. The van der Waals surface area contributed by atoms with E-state index in [0.29, 0.717) is 22.1 Å². The van der Waals surface area contributed by atoms with Crippen molar-refractivity contribution in [1.29, 1.82) is 0 Å². The van der Waals surface area contributed by atoms with E-state index in [0.717, 1.165) is 4.88 Å². The van der Waals surface area contributed by atoms with Gasteiger partial charge in [0.2, 0.25) is 11.5 Å². The average Bonchev–Trinajstić information content (AvgIpc) is 3.04. The first kappa shape index (κ1) is 17.8. The number of hydrogen-bond acceptors (Lipinski definition) is 7. The fourth-order valence-corrected chi connectivity index (χ4v) is 2.86. The highest BCUT2D eigenvalue weighted by Crippen LogP contribution is 2.38. The Labute approximate surface area is 143 Å². The Balaban J connectivity index is 2.13. The summed E-state index contributed by atoms with van der Waals surface area (Å²) in [6.07, 6.45) is 0. The van der Waals surface area contributed by atoms with Crippen molar-refractivity contribution in [3.05, 3.63) is 39.6 Å². The number of carbonyl (C=O) groups excluding carboxylic acids is 2. The van der Waals surface area contributed by atoms with Crippen molar-refractivity contribution in [3.63, 3.8) is 0 Å². The van der Waals surface area contributed by atoms with Crippen LogP contribution in [0.25, 0.3) is 0 Å². The van der Waals surface area contributed by atoms with E-state index in [-0.39, 0.29) is 18.0 Å². The molecule has 1 aromatic heterocycles. The number of thiophene rings is 1. The number of ketones is 1. The molecule has 0 fully saturated rings. The molecule has 0 unspecified atom stereocenters. The summed E-state index contributed by atoms with van der Waals surface area (Å²) in [5.41, 5.74) is 0.208. The lowest BCUT2D eigenvalue weighted by atomic mass is 10.2. The third-order valence-electron chi connectivity index (χ3n) is 3.25. The molecule has 6 nitrogen and oxygen atoms in total. The molecule has 0 saturated heterocycles. The first-order valence-electron chi connectivity index (χ1n) is 7.07. The summed E-state index contributed by atoms with van der Waals surface area (Å²) in [6, 6.07) is 6.52. The normalized spacial score (nSPS) is 10.2. The number of aryl methyl sites for hydroxylation is 1. The molecule has 1 aromatic carbocycles. The van der Waals surface area contributed by atoms with Crippen LogP contribution in [0.4, 0.5) is 0 Å². The Morgan fingerprint density at radius 1 is 1.00 bits per heavy atom. The predicted octanol–water partition coefficient (Wildman–Crippen LogP) is 3.12. The van der Waals surface area contributed by atoms with Crippen LogP contribution in [0.5, 0.6) is 17.2 Å². The average molecular weight is 350 g/mol. The highest BCUT2D eigenvalue weighted by molar-refractivity contribution is 7.14. The lowest BCUT2D eigenvalue weighted by Crippen LogP contribution is -2.13. The van der Waals surface area contributed by atoms with Crippen LogP contribution in [0, 0.1) is 6.92 Å². The first-order chi connectivity index (χ1) is 11.5. The van der Waals surface area contributed by atoms with Crippen LogP contribution in [0.1, 0.15) is 24.9 Å². The van der Waals surface area contributed by atoms with Gasteiger partial charge in [0.05, 0.1) is 31.8 Å². The van der Waals surface area contributed by atoms with Crippen LogP contribution in [0.2, 0.25) is 0 Å². The van der Waals surface area contributed by atoms with Crippen molar-refractivity contribution < 1.29 is 28.5 Å². The highest BCUT2D eigenvalue weighted by atomic mass is 32.1. The summed E-state index contributed by atoms with van der Waals surface area (Å²) in [4.78, 5) is 25.8. The summed E-state index contributed by atoms with van der Waals surface area (Å²) >= 11 is 1.36. The zero-order valence-electron chi connectivity index (χ0n) is 13.9. The molecule has 2 aromatic rings. The van der Waals surface area contributed by atoms with Gasteiger partial charge in [-0.05, 0) is 31.2 Å². The fourth-order valence-electron chi connectivity index (χ4n) is 2.07.